The maximum absolute atomic E-state index is 10.1. The molecule has 0 heterocycles. The second-order valence-corrected chi connectivity index (χ2v) is 12.4. The molecule has 0 unspecified atom stereocenters. The first kappa shape index (κ1) is 16.3. The largest absolute Gasteiger partial charge is 0.508 e. The van der Waals surface area contributed by atoms with Gasteiger partial charge in [-0.1, -0.05) is 58.4 Å². The highest BCUT2D eigenvalue weighted by Gasteiger charge is 2.15. The number of hydrogen-bond acceptors (Lipinski definition) is 1. The Hall–Kier alpha value is -0.763. The molecule has 0 amide bonds. The molecule has 1 aromatic rings. The quantitative estimate of drug-likeness (QED) is 0.682. The first-order valence-electron chi connectivity index (χ1n) is 7.71. The van der Waals surface area contributed by atoms with Crippen molar-refractivity contribution in [2.75, 3.05) is 0 Å². The number of hydrogen-bond donors (Lipinski definition) is 1. The van der Waals surface area contributed by atoms with Crippen molar-refractivity contribution in [2.45, 2.75) is 71.6 Å². The Morgan fingerprint density at radius 1 is 0.842 bits per heavy atom. The molecular weight excluding hydrogens is 248 g/mol. The lowest BCUT2D eigenvalue weighted by Crippen LogP contribution is -2.20. The zero-order valence-corrected chi connectivity index (χ0v) is 14.3. The summed E-state index contributed by atoms with van der Waals surface area (Å²) in [6.07, 6.45) is 5.49. The predicted molar refractivity (Wildman–Crippen MR) is 88.0 cm³/mol. The van der Waals surface area contributed by atoms with E-state index in [2.05, 4.69) is 39.6 Å². The topological polar surface area (TPSA) is 20.2 Å². The summed E-state index contributed by atoms with van der Waals surface area (Å²) in [7, 11) is -0.998. The molecule has 0 aliphatic rings. The van der Waals surface area contributed by atoms with Gasteiger partial charge in [0.1, 0.15) is 5.75 Å². The number of aromatic hydroxyl groups is 1. The molecule has 108 valence electrons. The van der Waals surface area contributed by atoms with Crippen molar-refractivity contribution in [3.63, 3.8) is 0 Å². The third kappa shape index (κ3) is 5.39. The highest BCUT2D eigenvalue weighted by Crippen LogP contribution is 2.27. The maximum atomic E-state index is 10.1. The number of phenolic OH excluding ortho intramolecular Hbond substituents is 1. The molecule has 0 aliphatic carbocycles. The Labute approximate surface area is 120 Å². The fourth-order valence-electron chi connectivity index (χ4n) is 2.44. The van der Waals surface area contributed by atoms with Gasteiger partial charge < -0.3 is 5.11 Å². The van der Waals surface area contributed by atoms with E-state index in [-0.39, 0.29) is 0 Å². The number of phenols is 1. The van der Waals surface area contributed by atoms with Crippen LogP contribution in [0.1, 0.15) is 43.4 Å². The fraction of sp³-hybridized carbons (Fsp3) is 0.647. The predicted octanol–water partition coefficient (Wildman–Crippen LogP) is 5.18. The zero-order valence-electron chi connectivity index (χ0n) is 13.3. The number of aryl methyl sites for hydroxylation is 3. The Balaban J connectivity index is 2.99. The Morgan fingerprint density at radius 2 is 1.37 bits per heavy atom. The van der Waals surface area contributed by atoms with Crippen LogP contribution in [0.5, 0.6) is 5.75 Å². The van der Waals surface area contributed by atoms with Gasteiger partial charge in [-0.2, -0.15) is 0 Å². The van der Waals surface area contributed by atoms with Crippen molar-refractivity contribution in [2.24, 2.45) is 0 Å². The zero-order chi connectivity index (χ0) is 14.5. The van der Waals surface area contributed by atoms with E-state index >= 15 is 0 Å². The van der Waals surface area contributed by atoms with E-state index in [1.54, 1.807) is 0 Å². The number of benzene rings is 1. The van der Waals surface area contributed by atoms with Crippen molar-refractivity contribution in [1.82, 2.24) is 0 Å². The Kier molecular flexibility index (Phi) is 6.12. The van der Waals surface area contributed by atoms with Gasteiger partial charge >= 0.3 is 0 Å². The molecule has 2 heteroatoms. The molecule has 0 aliphatic heterocycles. The Bertz CT molecular complexity index is 404. The van der Waals surface area contributed by atoms with E-state index in [4.69, 9.17) is 0 Å². The van der Waals surface area contributed by atoms with Crippen molar-refractivity contribution in [1.29, 1.82) is 0 Å². The summed E-state index contributed by atoms with van der Waals surface area (Å²) in [6.45, 7) is 11.7. The molecule has 0 fully saturated rings. The second kappa shape index (κ2) is 7.13. The molecule has 1 nitrogen and oxygen atoms in total. The summed E-state index contributed by atoms with van der Waals surface area (Å²) in [5.74, 6) is 0.502. The highest BCUT2D eigenvalue weighted by molar-refractivity contribution is 6.76. The van der Waals surface area contributed by atoms with Crippen molar-refractivity contribution in [3.05, 3.63) is 28.8 Å². The molecule has 0 radical (unpaired) electrons. The average Bonchev–Trinajstić information content (AvgIpc) is 2.30. The molecular formula is C17H30OSi. The van der Waals surface area contributed by atoms with Crippen LogP contribution in [0.25, 0.3) is 0 Å². The van der Waals surface area contributed by atoms with Crippen LogP contribution in [0, 0.1) is 0 Å². The SMILES string of the molecule is CCCc1cc(CC[Si](C)(C)C)c(CCC)cc1O. The summed E-state index contributed by atoms with van der Waals surface area (Å²) in [5.41, 5.74) is 3.97. The van der Waals surface area contributed by atoms with E-state index in [1.165, 1.54) is 23.6 Å². The van der Waals surface area contributed by atoms with E-state index in [0.717, 1.165) is 31.2 Å². The van der Waals surface area contributed by atoms with Gasteiger partial charge in [-0.15, -0.1) is 0 Å². The summed E-state index contributed by atoms with van der Waals surface area (Å²) in [4.78, 5) is 0. The smallest absolute Gasteiger partial charge is 0.119 e. The lowest BCUT2D eigenvalue weighted by atomic mass is 9.96. The first-order chi connectivity index (χ1) is 8.87. The molecule has 1 rings (SSSR count). The minimum Gasteiger partial charge on any atom is -0.508 e. The monoisotopic (exact) mass is 278 g/mol. The fourth-order valence-corrected chi connectivity index (χ4v) is 3.46. The van der Waals surface area contributed by atoms with E-state index in [9.17, 15) is 5.11 Å². The van der Waals surface area contributed by atoms with Crippen LogP contribution in [-0.2, 0) is 19.3 Å². The lowest BCUT2D eigenvalue weighted by Gasteiger charge is -2.18. The van der Waals surface area contributed by atoms with Gasteiger partial charge in [0.15, 0.2) is 0 Å². The normalized spacial score (nSPS) is 11.8. The molecule has 0 spiro atoms. The minimum absolute atomic E-state index is 0.502. The van der Waals surface area contributed by atoms with E-state index < -0.39 is 8.07 Å². The van der Waals surface area contributed by atoms with Gasteiger partial charge in [0.05, 0.1) is 0 Å². The van der Waals surface area contributed by atoms with Crippen molar-refractivity contribution < 1.29 is 5.11 Å². The van der Waals surface area contributed by atoms with Crippen LogP contribution in [0.3, 0.4) is 0 Å². The molecule has 19 heavy (non-hydrogen) atoms. The average molecular weight is 279 g/mol. The van der Waals surface area contributed by atoms with Gasteiger partial charge in [0.2, 0.25) is 0 Å². The van der Waals surface area contributed by atoms with Crippen LogP contribution in [0.4, 0.5) is 0 Å². The molecule has 1 N–H and O–H groups in total. The third-order valence-corrected chi connectivity index (χ3v) is 5.33. The summed E-state index contributed by atoms with van der Waals surface area (Å²) < 4.78 is 0. The van der Waals surface area contributed by atoms with Gasteiger partial charge in [0, 0.05) is 8.07 Å². The first-order valence-corrected chi connectivity index (χ1v) is 11.4. The van der Waals surface area contributed by atoms with Crippen molar-refractivity contribution >= 4 is 8.07 Å². The molecule has 0 bridgehead atoms. The highest BCUT2D eigenvalue weighted by atomic mass is 28.3. The standard InChI is InChI=1S/C17H30OSi/c1-6-8-14-13-17(18)16(9-7-2)12-15(14)10-11-19(3,4)5/h12-13,18H,6-11H2,1-5H3. The molecule has 0 saturated carbocycles. The minimum atomic E-state index is -0.998. The van der Waals surface area contributed by atoms with Gasteiger partial charge in [0.25, 0.3) is 0 Å². The molecule has 0 aromatic heterocycles. The summed E-state index contributed by atoms with van der Waals surface area (Å²) >= 11 is 0. The second-order valence-electron chi connectivity index (χ2n) is 6.81. The van der Waals surface area contributed by atoms with Crippen LogP contribution in [-0.4, -0.2) is 13.2 Å². The number of rotatable bonds is 7. The van der Waals surface area contributed by atoms with Crippen LogP contribution in [0.2, 0.25) is 25.7 Å². The summed E-state index contributed by atoms with van der Waals surface area (Å²) in [5, 5.41) is 10.1. The van der Waals surface area contributed by atoms with Crippen molar-refractivity contribution in [3.8, 4) is 5.75 Å². The van der Waals surface area contributed by atoms with E-state index in [1.807, 2.05) is 6.07 Å². The van der Waals surface area contributed by atoms with E-state index in [0.29, 0.717) is 5.75 Å². The third-order valence-electron chi connectivity index (χ3n) is 3.58. The lowest BCUT2D eigenvalue weighted by molar-refractivity contribution is 0.466. The van der Waals surface area contributed by atoms with Crippen LogP contribution < -0.4 is 0 Å². The van der Waals surface area contributed by atoms with Gasteiger partial charge in [-0.3, -0.25) is 0 Å². The van der Waals surface area contributed by atoms with Gasteiger partial charge in [-0.05, 0) is 42.0 Å². The molecule has 0 atom stereocenters. The molecule has 0 saturated heterocycles. The maximum Gasteiger partial charge on any atom is 0.119 e. The van der Waals surface area contributed by atoms with Crippen LogP contribution in [0.15, 0.2) is 12.1 Å². The Morgan fingerprint density at radius 3 is 1.89 bits per heavy atom. The summed E-state index contributed by atoms with van der Waals surface area (Å²) in [6, 6.07) is 5.62. The van der Waals surface area contributed by atoms with Crippen LogP contribution >= 0.6 is 0 Å². The molecule has 1 aromatic carbocycles. The van der Waals surface area contributed by atoms with Gasteiger partial charge in [-0.25, -0.2) is 0 Å².